The number of rotatable bonds is 1. The summed E-state index contributed by atoms with van der Waals surface area (Å²) in [7, 11) is 0. The lowest BCUT2D eigenvalue weighted by atomic mass is 10.0. The molecule has 1 aromatic heterocycles. The molecule has 0 radical (unpaired) electrons. The summed E-state index contributed by atoms with van der Waals surface area (Å²) in [6.45, 7) is 1.95. The number of hydrogen-bond acceptors (Lipinski definition) is 3. The Morgan fingerprint density at radius 1 is 1.07 bits per heavy atom. The molecule has 0 saturated carbocycles. The number of aromatic nitrogens is 1. The Morgan fingerprint density at radius 3 is 2.53 bits per heavy atom. The molecule has 76 valence electrons. The van der Waals surface area contributed by atoms with E-state index in [1.165, 1.54) is 0 Å². The molecule has 0 spiro atoms. The molecule has 2 rings (SSSR count). The Balaban J connectivity index is 2.54. The summed E-state index contributed by atoms with van der Waals surface area (Å²) in [5.41, 5.74) is 15.8. The van der Waals surface area contributed by atoms with Gasteiger partial charge in [0.25, 0.3) is 0 Å². The van der Waals surface area contributed by atoms with Crippen LogP contribution in [0.2, 0.25) is 0 Å². The summed E-state index contributed by atoms with van der Waals surface area (Å²) in [6.07, 6.45) is 1.81. The number of nitrogens with two attached hydrogens (primary N) is 2. The number of benzene rings is 1. The highest BCUT2D eigenvalue weighted by atomic mass is 14.7. The van der Waals surface area contributed by atoms with Gasteiger partial charge in [0.2, 0.25) is 0 Å². The van der Waals surface area contributed by atoms with Crippen molar-refractivity contribution in [2.45, 2.75) is 6.92 Å². The van der Waals surface area contributed by atoms with Crippen LogP contribution in [0.4, 0.5) is 11.4 Å². The van der Waals surface area contributed by atoms with E-state index in [9.17, 15) is 0 Å². The molecule has 3 nitrogen and oxygen atoms in total. The zero-order chi connectivity index (χ0) is 10.8. The first-order valence-electron chi connectivity index (χ1n) is 4.75. The minimum atomic E-state index is 0.605. The van der Waals surface area contributed by atoms with E-state index in [1.807, 2.05) is 31.2 Å². The van der Waals surface area contributed by atoms with Crippen molar-refractivity contribution in [1.82, 2.24) is 4.98 Å². The normalized spacial score (nSPS) is 10.2. The van der Waals surface area contributed by atoms with Crippen LogP contribution in [0.1, 0.15) is 5.69 Å². The van der Waals surface area contributed by atoms with Crippen molar-refractivity contribution in [3.8, 4) is 11.1 Å². The fourth-order valence-corrected chi connectivity index (χ4v) is 1.46. The van der Waals surface area contributed by atoms with Gasteiger partial charge in [0.05, 0.1) is 11.4 Å². The van der Waals surface area contributed by atoms with Crippen molar-refractivity contribution < 1.29 is 0 Å². The van der Waals surface area contributed by atoms with E-state index in [0.717, 1.165) is 16.8 Å². The van der Waals surface area contributed by atoms with Gasteiger partial charge in [-0.05, 0) is 19.1 Å². The monoisotopic (exact) mass is 199 g/mol. The summed E-state index contributed by atoms with van der Waals surface area (Å²) >= 11 is 0. The third-order valence-electron chi connectivity index (χ3n) is 2.36. The summed E-state index contributed by atoms with van der Waals surface area (Å²) in [4.78, 5) is 4.23. The molecule has 0 aliphatic heterocycles. The van der Waals surface area contributed by atoms with Gasteiger partial charge < -0.3 is 11.5 Å². The van der Waals surface area contributed by atoms with Crippen LogP contribution in [-0.2, 0) is 0 Å². The second-order valence-electron chi connectivity index (χ2n) is 3.50. The zero-order valence-electron chi connectivity index (χ0n) is 8.57. The van der Waals surface area contributed by atoms with Crippen LogP contribution in [0.25, 0.3) is 11.1 Å². The first-order chi connectivity index (χ1) is 7.18. The van der Waals surface area contributed by atoms with Crippen molar-refractivity contribution in [3.05, 3.63) is 42.2 Å². The Kier molecular flexibility index (Phi) is 2.29. The van der Waals surface area contributed by atoms with Gasteiger partial charge in [0.15, 0.2) is 0 Å². The van der Waals surface area contributed by atoms with Crippen LogP contribution in [0, 0.1) is 6.92 Å². The SMILES string of the molecule is Cc1ccc(-c2cccc(N)c2N)cn1. The third kappa shape index (κ3) is 1.76. The van der Waals surface area contributed by atoms with Crippen molar-refractivity contribution in [3.63, 3.8) is 0 Å². The summed E-state index contributed by atoms with van der Waals surface area (Å²) in [5, 5.41) is 0. The van der Waals surface area contributed by atoms with Gasteiger partial charge in [-0.15, -0.1) is 0 Å². The number of para-hydroxylation sites is 1. The Labute approximate surface area is 88.8 Å². The van der Waals surface area contributed by atoms with E-state index < -0.39 is 0 Å². The molecule has 15 heavy (non-hydrogen) atoms. The standard InChI is InChI=1S/C12H13N3/c1-8-5-6-9(7-15-8)10-3-2-4-11(13)12(10)14/h2-7H,13-14H2,1H3. The number of nitrogen functional groups attached to an aromatic ring is 2. The number of pyridine rings is 1. The van der Waals surface area contributed by atoms with Gasteiger partial charge in [-0.25, -0.2) is 0 Å². The molecular weight excluding hydrogens is 186 g/mol. The van der Waals surface area contributed by atoms with Crippen molar-refractivity contribution in [2.24, 2.45) is 0 Å². The van der Waals surface area contributed by atoms with Crippen LogP contribution < -0.4 is 11.5 Å². The van der Waals surface area contributed by atoms with Gasteiger partial charge in [-0.2, -0.15) is 0 Å². The van der Waals surface area contributed by atoms with E-state index in [1.54, 1.807) is 12.3 Å². The van der Waals surface area contributed by atoms with Gasteiger partial charge in [-0.1, -0.05) is 18.2 Å². The first kappa shape index (κ1) is 9.52. The fraction of sp³-hybridized carbons (Fsp3) is 0.0833. The van der Waals surface area contributed by atoms with Gasteiger partial charge in [0, 0.05) is 23.0 Å². The number of aryl methyl sites for hydroxylation is 1. The minimum absolute atomic E-state index is 0.605. The fourth-order valence-electron chi connectivity index (χ4n) is 1.46. The number of hydrogen-bond donors (Lipinski definition) is 2. The van der Waals surface area contributed by atoms with Crippen LogP contribution >= 0.6 is 0 Å². The minimum Gasteiger partial charge on any atom is -0.397 e. The molecule has 0 atom stereocenters. The lowest BCUT2D eigenvalue weighted by molar-refractivity contribution is 1.20. The molecule has 0 bridgehead atoms. The van der Waals surface area contributed by atoms with Crippen LogP contribution in [0.5, 0.6) is 0 Å². The van der Waals surface area contributed by atoms with Crippen LogP contribution in [-0.4, -0.2) is 4.98 Å². The smallest absolute Gasteiger partial charge is 0.0627 e. The molecule has 1 aromatic carbocycles. The third-order valence-corrected chi connectivity index (χ3v) is 2.36. The molecule has 0 amide bonds. The Morgan fingerprint density at radius 2 is 1.87 bits per heavy atom. The molecule has 1 heterocycles. The largest absolute Gasteiger partial charge is 0.397 e. The predicted octanol–water partition coefficient (Wildman–Crippen LogP) is 2.22. The van der Waals surface area contributed by atoms with Crippen LogP contribution in [0.15, 0.2) is 36.5 Å². The van der Waals surface area contributed by atoms with Gasteiger partial charge in [-0.3, -0.25) is 4.98 Å². The maximum Gasteiger partial charge on any atom is 0.0627 e. The first-order valence-corrected chi connectivity index (χ1v) is 4.75. The van der Waals surface area contributed by atoms with Crippen molar-refractivity contribution in [2.75, 3.05) is 11.5 Å². The molecule has 0 unspecified atom stereocenters. The maximum absolute atomic E-state index is 5.90. The van der Waals surface area contributed by atoms with Crippen molar-refractivity contribution in [1.29, 1.82) is 0 Å². The highest BCUT2D eigenvalue weighted by Crippen LogP contribution is 2.29. The maximum atomic E-state index is 5.90. The molecule has 0 fully saturated rings. The number of anilines is 2. The summed E-state index contributed by atoms with van der Waals surface area (Å²) in [6, 6.07) is 9.57. The Bertz CT molecular complexity index is 475. The molecule has 0 aliphatic carbocycles. The zero-order valence-corrected chi connectivity index (χ0v) is 8.57. The second kappa shape index (κ2) is 3.61. The Hall–Kier alpha value is -2.03. The highest BCUT2D eigenvalue weighted by molar-refractivity contribution is 5.83. The lowest BCUT2D eigenvalue weighted by Crippen LogP contribution is -1.97. The topological polar surface area (TPSA) is 64.9 Å². The van der Waals surface area contributed by atoms with E-state index in [4.69, 9.17) is 11.5 Å². The molecule has 0 aliphatic rings. The van der Waals surface area contributed by atoms with E-state index in [-0.39, 0.29) is 0 Å². The second-order valence-corrected chi connectivity index (χ2v) is 3.50. The average Bonchev–Trinajstić information content (AvgIpc) is 2.24. The molecular formula is C12H13N3. The molecule has 3 heteroatoms. The molecule has 4 N–H and O–H groups in total. The van der Waals surface area contributed by atoms with Crippen LogP contribution in [0.3, 0.4) is 0 Å². The lowest BCUT2D eigenvalue weighted by Gasteiger charge is -2.07. The molecule has 0 saturated heterocycles. The number of nitrogens with zero attached hydrogens (tertiary/aromatic N) is 1. The predicted molar refractivity (Wildman–Crippen MR) is 63.2 cm³/mol. The van der Waals surface area contributed by atoms with E-state index >= 15 is 0 Å². The summed E-state index contributed by atoms with van der Waals surface area (Å²) in [5.74, 6) is 0. The van der Waals surface area contributed by atoms with E-state index in [2.05, 4.69) is 4.98 Å². The quantitative estimate of drug-likeness (QED) is 0.692. The molecule has 2 aromatic rings. The van der Waals surface area contributed by atoms with E-state index in [0.29, 0.717) is 11.4 Å². The average molecular weight is 199 g/mol. The van der Waals surface area contributed by atoms with Crippen molar-refractivity contribution >= 4 is 11.4 Å². The highest BCUT2D eigenvalue weighted by Gasteiger charge is 2.04. The van der Waals surface area contributed by atoms with Gasteiger partial charge in [0.1, 0.15) is 0 Å². The van der Waals surface area contributed by atoms with Gasteiger partial charge >= 0.3 is 0 Å². The summed E-state index contributed by atoms with van der Waals surface area (Å²) < 4.78 is 0.